The first-order valence-electron chi connectivity index (χ1n) is 7.39. The summed E-state index contributed by atoms with van der Waals surface area (Å²) in [6.07, 6.45) is -0.0900. The Morgan fingerprint density at radius 1 is 1.36 bits per heavy atom. The van der Waals surface area contributed by atoms with Gasteiger partial charge in [-0.15, -0.1) is 12.4 Å². The number of carbonyl (C=O) groups excluding carboxylic acids is 1. The van der Waals surface area contributed by atoms with Gasteiger partial charge in [0.2, 0.25) is 5.91 Å². The van der Waals surface area contributed by atoms with Crippen molar-refractivity contribution >= 4 is 18.3 Å². The summed E-state index contributed by atoms with van der Waals surface area (Å²) in [5.41, 5.74) is 0. The Morgan fingerprint density at radius 3 is 2.64 bits per heavy atom. The molecular formula is C16H25ClN2O3. The summed E-state index contributed by atoms with van der Waals surface area (Å²) in [7, 11) is 1.62. The topological polar surface area (TPSA) is 59.6 Å². The third-order valence-corrected chi connectivity index (χ3v) is 3.88. The molecule has 0 radical (unpaired) electrons. The minimum Gasteiger partial charge on any atom is -0.497 e. The van der Waals surface area contributed by atoms with E-state index < -0.39 is 0 Å². The van der Waals surface area contributed by atoms with Gasteiger partial charge in [0, 0.05) is 12.0 Å². The van der Waals surface area contributed by atoms with E-state index in [0.29, 0.717) is 12.5 Å². The van der Waals surface area contributed by atoms with Crippen molar-refractivity contribution in [3.63, 3.8) is 0 Å². The maximum absolute atomic E-state index is 12.0. The SMILES string of the molecule is COc1cccc(OC(C)CNC(=O)C(C)C2CNC2)c1.Cl. The van der Waals surface area contributed by atoms with Crippen LogP contribution >= 0.6 is 12.4 Å². The second kappa shape index (κ2) is 8.86. The van der Waals surface area contributed by atoms with E-state index in [0.717, 1.165) is 24.6 Å². The first kappa shape index (κ1) is 18.6. The lowest BCUT2D eigenvalue weighted by atomic mass is 9.88. The minimum absolute atomic E-state index is 0. The van der Waals surface area contributed by atoms with Gasteiger partial charge in [0.25, 0.3) is 0 Å². The van der Waals surface area contributed by atoms with Gasteiger partial charge in [-0.2, -0.15) is 0 Å². The largest absolute Gasteiger partial charge is 0.497 e. The lowest BCUT2D eigenvalue weighted by Gasteiger charge is -2.32. The smallest absolute Gasteiger partial charge is 0.223 e. The molecule has 5 nitrogen and oxygen atoms in total. The molecule has 1 saturated heterocycles. The zero-order chi connectivity index (χ0) is 15.2. The van der Waals surface area contributed by atoms with Gasteiger partial charge < -0.3 is 20.1 Å². The Hall–Kier alpha value is -1.46. The van der Waals surface area contributed by atoms with E-state index in [4.69, 9.17) is 9.47 Å². The van der Waals surface area contributed by atoms with Crippen LogP contribution in [-0.4, -0.2) is 38.8 Å². The van der Waals surface area contributed by atoms with Gasteiger partial charge in [-0.3, -0.25) is 4.79 Å². The Bertz CT molecular complexity index is 480. The first-order chi connectivity index (χ1) is 10.1. The van der Waals surface area contributed by atoms with Gasteiger partial charge in [0.15, 0.2) is 0 Å². The second-order valence-corrected chi connectivity index (χ2v) is 5.56. The highest BCUT2D eigenvalue weighted by Crippen LogP contribution is 2.20. The Balaban J connectivity index is 0.00000242. The molecule has 1 aromatic rings. The van der Waals surface area contributed by atoms with E-state index in [9.17, 15) is 4.79 Å². The van der Waals surface area contributed by atoms with Gasteiger partial charge in [-0.05, 0) is 38.1 Å². The van der Waals surface area contributed by atoms with Crippen LogP contribution in [0.15, 0.2) is 24.3 Å². The monoisotopic (exact) mass is 328 g/mol. The molecule has 2 N–H and O–H groups in total. The molecule has 1 aliphatic rings. The number of hydrogen-bond donors (Lipinski definition) is 2. The number of halogens is 1. The zero-order valence-corrected chi connectivity index (χ0v) is 14.1. The highest BCUT2D eigenvalue weighted by atomic mass is 35.5. The second-order valence-electron chi connectivity index (χ2n) is 5.56. The predicted octanol–water partition coefficient (Wildman–Crippen LogP) is 1.86. The highest BCUT2D eigenvalue weighted by molar-refractivity contribution is 5.85. The van der Waals surface area contributed by atoms with Crippen LogP contribution in [-0.2, 0) is 4.79 Å². The number of hydrogen-bond acceptors (Lipinski definition) is 4. The minimum atomic E-state index is -0.0900. The summed E-state index contributed by atoms with van der Waals surface area (Å²) in [5.74, 6) is 2.11. The van der Waals surface area contributed by atoms with Crippen LogP contribution in [0.5, 0.6) is 11.5 Å². The third kappa shape index (κ3) is 5.07. The number of ether oxygens (including phenoxy) is 2. The van der Waals surface area contributed by atoms with Crippen molar-refractivity contribution in [2.45, 2.75) is 20.0 Å². The average Bonchev–Trinajstić information content (AvgIpc) is 2.43. The van der Waals surface area contributed by atoms with Gasteiger partial charge in [0.05, 0.1) is 13.7 Å². The van der Waals surface area contributed by atoms with Crippen LogP contribution in [0.4, 0.5) is 0 Å². The molecule has 1 heterocycles. The quantitative estimate of drug-likeness (QED) is 0.802. The predicted molar refractivity (Wildman–Crippen MR) is 88.9 cm³/mol. The maximum atomic E-state index is 12.0. The summed E-state index contributed by atoms with van der Waals surface area (Å²) >= 11 is 0. The Labute approximate surface area is 138 Å². The summed E-state index contributed by atoms with van der Waals surface area (Å²) in [6.45, 7) is 6.29. The summed E-state index contributed by atoms with van der Waals surface area (Å²) in [4.78, 5) is 12.0. The Kier molecular flexibility index (Phi) is 7.48. The van der Waals surface area contributed by atoms with Crippen molar-refractivity contribution in [3.8, 4) is 11.5 Å². The molecule has 0 bridgehead atoms. The number of amides is 1. The fraction of sp³-hybridized carbons (Fsp3) is 0.562. The maximum Gasteiger partial charge on any atom is 0.223 e. The van der Waals surface area contributed by atoms with Gasteiger partial charge in [-0.25, -0.2) is 0 Å². The molecule has 1 fully saturated rings. The zero-order valence-electron chi connectivity index (χ0n) is 13.3. The molecule has 2 unspecified atom stereocenters. The van der Waals surface area contributed by atoms with E-state index in [1.54, 1.807) is 7.11 Å². The van der Waals surface area contributed by atoms with Crippen molar-refractivity contribution in [3.05, 3.63) is 24.3 Å². The molecule has 124 valence electrons. The molecule has 0 saturated carbocycles. The number of carbonyl (C=O) groups is 1. The Morgan fingerprint density at radius 2 is 2.05 bits per heavy atom. The van der Waals surface area contributed by atoms with Crippen molar-refractivity contribution in [1.82, 2.24) is 10.6 Å². The van der Waals surface area contributed by atoms with Crippen LogP contribution in [0.1, 0.15) is 13.8 Å². The van der Waals surface area contributed by atoms with Crippen molar-refractivity contribution in [2.24, 2.45) is 11.8 Å². The molecule has 1 aromatic carbocycles. The first-order valence-corrected chi connectivity index (χ1v) is 7.39. The molecule has 22 heavy (non-hydrogen) atoms. The lowest BCUT2D eigenvalue weighted by molar-refractivity contribution is -0.127. The van der Waals surface area contributed by atoms with E-state index >= 15 is 0 Å². The average molecular weight is 329 g/mol. The van der Waals surface area contributed by atoms with E-state index in [1.807, 2.05) is 38.1 Å². The van der Waals surface area contributed by atoms with Crippen LogP contribution in [0.25, 0.3) is 0 Å². The van der Waals surface area contributed by atoms with Crippen molar-refractivity contribution in [2.75, 3.05) is 26.7 Å². The summed E-state index contributed by atoms with van der Waals surface area (Å²) in [6, 6.07) is 7.46. The van der Waals surface area contributed by atoms with Crippen molar-refractivity contribution in [1.29, 1.82) is 0 Å². The van der Waals surface area contributed by atoms with Crippen LogP contribution in [0, 0.1) is 11.8 Å². The van der Waals surface area contributed by atoms with E-state index in [2.05, 4.69) is 10.6 Å². The normalized spacial score (nSPS) is 16.7. The van der Waals surface area contributed by atoms with Crippen LogP contribution in [0.3, 0.4) is 0 Å². The molecule has 1 aliphatic heterocycles. The van der Waals surface area contributed by atoms with Crippen LogP contribution in [0.2, 0.25) is 0 Å². The molecule has 0 spiro atoms. The molecule has 0 aliphatic carbocycles. The number of methoxy groups -OCH3 is 1. The fourth-order valence-electron chi connectivity index (χ4n) is 2.23. The van der Waals surface area contributed by atoms with Crippen LogP contribution < -0.4 is 20.1 Å². The van der Waals surface area contributed by atoms with E-state index in [1.165, 1.54) is 0 Å². The molecule has 2 atom stereocenters. The van der Waals surface area contributed by atoms with Crippen molar-refractivity contribution < 1.29 is 14.3 Å². The summed E-state index contributed by atoms with van der Waals surface area (Å²) in [5, 5.41) is 6.15. The highest BCUT2D eigenvalue weighted by Gasteiger charge is 2.28. The summed E-state index contributed by atoms with van der Waals surface area (Å²) < 4.78 is 10.9. The molecular weight excluding hydrogens is 304 g/mol. The third-order valence-electron chi connectivity index (χ3n) is 3.88. The number of nitrogens with one attached hydrogen (secondary N) is 2. The molecule has 0 aromatic heterocycles. The molecule has 6 heteroatoms. The number of benzene rings is 1. The lowest BCUT2D eigenvalue weighted by Crippen LogP contribution is -2.50. The molecule has 1 amide bonds. The van der Waals surface area contributed by atoms with Gasteiger partial charge in [0.1, 0.15) is 17.6 Å². The van der Waals surface area contributed by atoms with Gasteiger partial charge in [-0.1, -0.05) is 13.0 Å². The fourth-order valence-corrected chi connectivity index (χ4v) is 2.23. The standard InChI is InChI=1S/C16H24N2O3.ClH/c1-11(21-15-6-4-5-14(7-15)20-3)8-18-16(19)12(2)13-9-17-10-13;/h4-7,11-13,17H,8-10H2,1-3H3,(H,18,19);1H. The molecule has 2 rings (SSSR count). The number of rotatable bonds is 7. The van der Waals surface area contributed by atoms with Gasteiger partial charge >= 0.3 is 0 Å². The van der Waals surface area contributed by atoms with E-state index in [-0.39, 0.29) is 30.3 Å².